The number of rotatable bonds is 7. The van der Waals surface area contributed by atoms with Gasteiger partial charge in [-0.25, -0.2) is 28.8 Å². The zero-order chi connectivity index (χ0) is 35.7. The van der Waals surface area contributed by atoms with Crippen molar-refractivity contribution in [1.82, 2.24) is 0 Å². The van der Waals surface area contributed by atoms with Gasteiger partial charge in [-0.3, -0.25) is 0 Å². The Kier molecular flexibility index (Phi) is 9.15. The van der Waals surface area contributed by atoms with E-state index in [0.29, 0.717) is 0 Å². The van der Waals surface area contributed by atoms with E-state index in [4.69, 9.17) is 37.9 Å². The average Bonchev–Trinajstić information content (AvgIpc) is 2.92. The van der Waals surface area contributed by atoms with E-state index in [0.717, 1.165) is 38.2 Å². The van der Waals surface area contributed by atoms with Gasteiger partial charge >= 0.3 is 47.4 Å². The highest BCUT2D eigenvalue weighted by atomic mass is 16.8. The molecule has 0 amide bonds. The highest BCUT2D eigenvalue weighted by molar-refractivity contribution is 6.16. The van der Waals surface area contributed by atoms with Gasteiger partial charge in [0.15, 0.2) is 0 Å². The van der Waals surface area contributed by atoms with Crippen LogP contribution in [0, 0.1) is 0 Å². The molecule has 2 fully saturated rings. The summed E-state index contributed by atoms with van der Waals surface area (Å²) in [6.45, 7) is 7.82. The van der Waals surface area contributed by atoms with Gasteiger partial charge in [0.2, 0.25) is 0 Å². The summed E-state index contributed by atoms with van der Waals surface area (Å²) < 4.78 is 41.2. The van der Waals surface area contributed by atoms with E-state index in [9.17, 15) is 39.0 Å². The van der Waals surface area contributed by atoms with Crippen LogP contribution in [-0.2, 0) is 66.7 Å². The zero-order valence-electron chi connectivity index (χ0n) is 26.4. The molecule has 0 saturated carbocycles. The van der Waals surface area contributed by atoms with Crippen molar-refractivity contribution < 1.29 is 76.9 Å². The molecule has 2 unspecified atom stereocenters. The minimum Gasteiger partial charge on any atom is -0.480 e. The molecule has 2 atom stereocenters. The molecule has 0 bridgehead atoms. The fourth-order valence-corrected chi connectivity index (χ4v) is 4.14. The molecule has 4 heterocycles. The van der Waals surface area contributed by atoms with Gasteiger partial charge in [0.1, 0.15) is 22.3 Å². The highest BCUT2D eigenvalue weighted by Crippen LogP contribution is 2.42. The standard InChI is InChI=1S/C32H30O16/c1-29(2)41-21(33)17(22(34)42-29)13-9-7-11-15-19-25(37)45-31(5,46-26(19)38)32(6)47-27(39)20(28(40)48-32)16-12-8-10-14-18-23(35)43-30(3,4)44-24(18)36/h7-16,37,39H,1-6H3/b9-7+,10-8+,15-11+,16-12+. The molecule has 0 aliphatic carbocycles. The van der Waals surface area contributed by atoms with Gasteiger partial charge < -0.3 is 48.1 Å². The molecular weight excluding hydrogens is 640 g/mol. The molecular formula is C32H30O16. The molecule has 0 aromatic heterocycles. The number of aliphatic hydroxyl groups is 2. The smallest absolute Gasteiger partial charge is 0.348 e. The fraction of sp³-hybridized carbons (Fsp3) is 0.312. The minimum absolute atomic E-state index is 0.363. The van der Waals surface area contributed by atoms with Crippen LogP contribution in [0.4, 0.5) is 0 Å². The quantitative estimate of drug-likeness (QED) is 0.131. The summed E-state index contributed by atoms with van der Waals surface area (Å²) in [6, 6.07) is 0. The summed E-state index contributed by atoms with van der Waals surface area (Å²) in [7, 11) is 0. The van der Waals surface area contributed by atoms with Crippen LogP contribution in [0.2, 0.25) is 0 Å². The maximum absolute atomic E-state index is 12.8. The lowest BCUT2D eigenvalue weighted by Gasteiger charge is -2.45. The number of carbonyl (C=O) groups is 6. The monoisotopic (exact) mass is 670 g/mol. The molecule has 16 heteroatoms. The average molecular weight is 671 g/mol. The van der Waals surface area contributed by atoms with Crippen LogP contribution in [0.5, 0.6) is 0 Å². The third-order valence-corrected chi connectivity index (χ3v) is 6.61. The Hall–Kier alpha value is -6.06. The molecule has 254 valence electrons. The Morgan fingerprint density at radius 1 is 0.417 bits per heavy atom. The number of ether oxygens (including phenoxy) is 8. The Morgan fingerprint density at radius 2 is 0.729 bits per heavy atom. The second-order valence-electron chi connectivity index (χ2n) is 11.3. The molecule has 2 N–H and O–H groups in total. The van der Waals surface area contributed by atoms with E-state index >= 15 is 0 Å². The van der Waals surface area contributed by atoms with Crippen molar-refractivity contribution in [3.63, 3.8) is 0 Å². The summed E-state index contributed by atoms with van der Waals surface area (Å²) >= 11 is 0. The van der Waals surface area contributed by atoms with Crippen molar-refractivity contribution in [2.45, 2.75) is 64.7 Å². The summed E-state index contributed by atoms with van der Waals surface area (Å²) in [5.74, 6) is -15.1. The Labute approximate surface area is 272 Å². The van der Waals surface area contributed by atoms with Gasteiger partial charge in [0.25, 0.3) is 23.5 Å². The number of cyclic esters (lactones) is 6. The third kappa shape index (κ3) is 7.32. The van der Waals surface area contributed by atoms with Crippen molar-refractivity contribution in [2.24, 2.45) is 0 Å². The van der Waals surface area contributed by atoms with E-state index < -0.39 is 82.0 Å². The van der Waals surface area contributed by atoms with Crippen LogP contribution in [0.1, 0.15) is 41.5 Å². The van der Waals surface area contributed by atoms with E-state index in [1.165, 1.54) is 64.2 Å². The van der Waals surface area contributed by atoms with Crippen molar-refractivity contribution >= 4 is 35.8 Å². The summed E-state index contributed by atoms with van der Waals surface area (Å²) in [5, 5.41) is 21.0. The van der Waals surface area contributed by atoms with Crippen molar-refractivity contribution in [3.05, 3.63) is 94.9 Å². The second kappa shape index (κ2) is 12.6. The lowest BCUT2D eigenvalue weighted by Crippen LogP contribution is -2.61. The number of hydrogen-bond acceptors (Lipinski definition) is 16. The van der Waals surface area contributed by atoms with E-state index in [1.807, 2.05) is 0 Å². The van der Waals surface area contributed by atoms with Crippen LogP contribution in [0.3, 0.4) is 0 Å². The van der Waals surface area contributed by atoms with Crippen LogP contribution >= 0.6 is 0 Å². The zero-order valence-corrected chi connectivity index (χ0v) is 26.4. The molecule has 0 aromatic rings. The van der Waals surface area contributed by atoms with Gasteiger partial charge in [0, 0.05) is 41.5 Å². The Morgan fingerprint density at radius 3 is 1.02 bits per heavy atom. The number of carbonyl (C=O) groups excluding carboxylic acids is 6. The van der Waals surface area contributed by atoms with Gasteiger partial charge in [-0.1, -0.05) is 36.5 Å². The van der Waals surface area contributed by atoms with Crippen LogP contribution in [-0.4, -0.2) is 69.2 Å². The second-order valence-corrected chi connectivity index (χ2v) is 11.3. The van der Waals surface area contributed by atoms with Crippen LogP contribution in [0.25, 0.3) is 0 Å². The molecule has 2 saturated heterocycles. The van der Waals surface area contributed by atoms with Crippen molar-refractivity contribution in [3.8, 4) is 0 Å². The van der Waals surface area contributed by atoms with Crippen molar-refractivity contribution in [2.75, 3.05) is 0 Å². The normalized spacial score (nSPS) is 27.4. The van der Waals surface area contributed by atoms with Crippen LogP contribution in [0.15, 0.2) is 94.9 Å². The van der Waals surface area contributed by atoms with Crippen molar-refractivity contribution in [1.29, 1.82) is 0 Å². The first-order valence-electron chi connectivity index (χ1n) is 14.0. The van der Waals surface area contributed by atoms with Gasteiger partial charge in [-0.2, -0.15) is 0 Å². The van der Waals surface area contributed by atoms with Gasteiger partial charge in [0.05, 0.1) is 0 Å². The summed E-state index contributed by atoms with van der Waals surface area (Å²) in [6.07, 6.45) is 12.1. The van der Waals surface area contributed by atoms with E-state index in [-0.39, 0.29) is 11.1 Å². The number of esters is 6. The van der Waals surface area contributed by atoms with E-state index in [1.54, 1.807) is 0 Å². The minimum atomic E-state index is -2.30. The first-order chi connectivity index (χ1) is 22.3. The SMILES string of the molecule is CC1(C)OC(=O)C(=C/C=C/C=C/C2=C(O)OC(C)(C3(C)OC(=O)C(/C=C/C=C/C=C4C(=O)OC(C)(C)OC4=O)=C(O)O3)OC2=O)C(=O)O1. The predicted octanol–water partition coefficient (Wildman–Crippen LogP) is 2.85. The Bertz CT molecular complexity index is 1560. The Balaban J connectivity index is 1.42. The molecule has 0 spiro atoms. The first kappa shape index (κ1) is 34.8. The predicted molar refractivity (Wildman–Crippen MR) is 156 cm³/mol. The lowest BCUT2D eigenvalue weighted by molar-refractivity contribution is -0.375. The number of hydrogen-bond donors (Lipinski definition) is 2. The van der Waals surface area contributed by atoms with Crippen LogP contribution < -0.4 is 0 Å². The fourth-order valence-electron chi connectivity index (χ4n) is 4.14. The highest BCUT2D eigenvalue weighted by Gasteiger charge is 2.62. The maximum Gasteiger partial charge on any atom is 0.348 e. The number of aliphatic hydroxyl groups excluding tert-OH is 2. The van der Waals surface area contributed by atoms with Gasteiger partial charge in [-0.15, -0.1) is 0 Å². The molecule has 4 aliphatic heterocycles. The molecule has 4 aliphatic rings. The maximum atomic E-state index is 12.8. The summed E-state index contributed by atoms with van der Waals surface area (Å²) in [5.41, 5.74) is -1.65. The largest absolute Gasteiger partial charge is 0.480 e. The lowest BCUT2D eigenvalue weighted by atomic mass is 10.1. The summed E-state index contributed by atoms with van der Waals surface area (Å²) in [4.78, 5) is 73.6. The van der Waals surface area contributed by atoms with Gasteiger partial charge in [-0.05, 0) is 24.3 Å². The molecule has 16 nitrogen and oxygen atoms in total. The molecule has 48 heavy (non-hydrogen) atoms. The third-order valence-electron chi connectivity index (χ3n) is 6.61. The topological polar surface area (TPSA) is 217 Å². The molecule has 0 aromatic carbocycles. The molecule has 4 rings (SSSR count). The molecule has 0 radical (unpaired) electrons. The van der Waals surface area contributed by atoms with E-state index in [2.05, 4.69) is 0 Å². The number of allylic oxidation sites excluding steroid dienone is 8. The first-order valence-corrected chi connectivity index (χ1v) is 14.0.